The first-order valence-corrected chi connectivity index (χ1v) is 6.56. The molecule has 0 saturated heterocycles. The van der Waals surface area contributed by atoms with Crippen LogP contribution in [0.15, 0.2) is 12.1 Å². The Labute approximate surface area is 137 Å². The summed E-state index contributed by atoms with van der Waals surface area (Å²) in [6, 6.07) is 1.96. The van der Waals surface area contributed by atoms with Gasteiger partial charge in [0, 0.05) is 0 Å². The normalized spacial score (nSPS) is 10.0. The minimum absolute atomic E-state index is 0.131. The maximum atomic E-state index is 11.9. The van der Waals surface area contributed by atoms with Crippen LogP contribution in [-0.2, 0) is 0 Å². The fourth-order valence-electron chi connectivity index (χ4n) is 1.69. The molecule has 0 aliphatic carbocycles. The van der Waals surface area contributed by atoms with E-state index >= 15 is 0 Å². The van der Waals surface area contributed by atoms with E-state index < -0.39 is 6.03 Å². The number of nitrogens with zero attached hydrogens (tertiary/aromatic N) is 5. The molecular weight excluding hydrogens is 320 g/mol. The van der Waals surface area contributed by atoms with E-state index in [-0.39, 0.29) is 35.4 Å². The predicted molar refractivity (Wildman–Crippen MR) is 82.0 cm³/mol. The maximum Gasteiger partial charge on any atom is 0.328 e. The first-order valence-electron chi connectivity index (χ1n) is 6.56. The molecule has 0 atom stereocenters. The van der Waals surface area contributed by atoms with Gasteiger partial charge in [-0.25, -0.2) is 4.79 Å². The predicted octanol–water partition coefficient (Wildman–Crippen LogP) is 0.518. The van der Waals surface area contributed by atoms with Gasteiger partial charge in [-0.05, 0) is 0 Å². The lowest BCUT2D eigenvalue weighted by molar-refractivity contribution is 0.255. The van der Waals surface area contributed by atoms with Crippen molar-refractivity contribution >= 4 is 17.9 Å². The van der Waals surface area contributed by atoms with Crippen molar-refractivity contribution in [3.63, 3.8) is 0 Å². The summed E-state index contributed by atoms with van der Waals surface area (Å²) < 4.78 is 20.2. The highest BCUT2D eigenvalue weighted by Crippen LogP contribution is 2.27. The Morgan fingerprint density at radius 1 is 0.792 bits per heavy atom. The first kappa shape index (κ1) is 17.0. The number of anilines is 2. The van der Waals surface area contributed by atoms with E-state index in [9.17, 15) is 4.79 Å². The van der Waals surface area contributed by atoms with Crippen LogP contribution in [0.25, 0.3) is 0 Å². The monoisotopic (exact) mass is 336 g/mol. The summed E-state index contributed by atoms with van der Waals surface area (Å²) in [5.41, 5.74) is 5.43. The lowest BCUT2D eigenvalue weighted by Gasteiger charge is -2.18. The third-order valence-corrected chi connectivity index (χ3v) is 2.79. The molecule has 11 heteroatoms. The molecule has 0 bridgehead atoms. The molecule has 0 aliphatic rings. The zero-order chi connectivity index (χ0) is 17.7. The third kappa shape index (κ3) is 3.51. The second-order valence-electron chi connectivity index (χ2n) is 4.18. The van der Waals surface area contributed by atoms with Crippen LogP contribution < -0.4 is 29.6 Å². The third-order valence-electron chi connectivity index (χ3n) is 2.79. The van der Waals surface area contributed by atoms with Gasteiger partial charge in [0.2, 0.25) is 35.4 Å². The van der Waals surface area contributed by atoms with E-state index in [4.69, 9.17) is 24.7 Å². The molecule has 128 valence electrons. The van der Waals surface area contributed by atoms with Crippen LogP contribution in [0, 0.1) is 0 Å². The van der Waals surface area contributed by atoms with Gasteiger partial charge in [0.15, 0.2) is 0 Å². The van der Waals surface area contributed by atoms with Gasteiger partial charge >= 0.3 is 6.03 Å². The Balaban J connectivity index is 2.60. The summed E-state index contributed by atoms with van der Waals surface area (Å²) in [6.45, 7) is 0. The Bertz CT molecular complexity index is 641. The molecule has 24 heavy (non-hydrogen) atoms. The van der Waals surface area contributed by atoms with Crippen LogP contribution >= 0.6 is 0 Å². The van der Waals surface area contributed by atoms with Gasteiger partial charge in [-0.1, -0.05) is 0 Å². The van der Waals surface area contributed by atoms with Gasteiger partial charge in [0.25, 0.3) is 0 Å². The fraction of sp³-hybridized carbons (Fsp3) is 0.308. The number of carbonyl (C=O) groups excluding carboxylic acids is 1. The van der Waals surface area contributed by atoms with Crippen LogP contribution in [0.5, 0.6) is 23.5 Å². The van der Waals surface area contributed by atoms with Crippen molar-refractivity contribution in [2.24, 2.45) is 5.73 Å². The zero-order valence-corrected chi connectivity index (χ0v) is 13.5. The summed E-state index contributed by atoms with van der Waals surface area (Å²) >= 11 is 0. The molecule has 0 fully saturated rings. The van der Waals surface area contributed by atoms with Crippen molar-refractivity contribution in [3.05, 3.63) is 12.1 Å². The lowest BCUT2D eigenvalue weighted by Crippen LogP contribution is -2.34. The van der Waals surface area contributed by atoms with Crippen molar-refractivity contribution in [3.8, 4) is 23.5 Å². The van der Waals surface area contributed by atoms with Crippen molar-refractivity contribution < 1.29 is 23.7 Å². The number of methoxy groups -OCH3 is 4. The zero-order valence-electron chi connectivity index (χ0n) is 13.5. The number of carbonyl (C=O) groups is 1. The molecule has 0 saturated carbocycles. The number of hydrogen-bond acceptors (Lipinski definition) is 9. The van der Waals surface area contributed by atoms with E-state index in [0.717, 1.165) is 4.90 Å². The SMILES string of the molecule is COc1cc(OC)nc(N(C(N)=O)c2nc(OC)cc(OC)n2)n1. The second kappa shape index (κ2) is 7.26. The fourth-order valence-corrected chi connectivity index (χ4v) is 1.69. The summed E-state index contributed by atoms with van der Waals surface area (Å²) in [5, 5.41) is 0. The van der Waals surface area contributed by atoms with E-state index in [1.54, 1.807) is 0 Å². The van der Waals surface area contributed by atoms with Crippen LogP contribution in [0.2, 0.25) is 0 Å². The average Bonchev–Trinajstić information content (AvgIpc) is 2.60. The molecular formula is C13H16N6O5. The van der Waals surface area contributed by atoms with Gasteiger partial charge in [0.1, 0.15) is 0 Å². The van der Waals surface area contributed by atoms with E-state index in [1.165, 1.54) is 40.6 Å². The molecule has 11 nitrogen and oxygen atoms in total. The number of rotatable bonds is 6. The summed E-state index contributed by atoms with van der Waals surface area (Å²) in [5.74, 6) is 0.398. The molecule has 2 amide bonds. The first-order chi connectivity index (χ1) is 11.5. The van der Waals surface area contributed by atoms with Crippen molar-refractivity contribution in [1.82, 2.24) is 19.9 Å². The molecule has 2 heterocycles. The number of nitrogens with two attached hydrogens (primary N) is 1. The highest BCUT2D eigenvalue weighted by atomic mass is 16.5. The standard InChI is InChI=1S/C13H16N6O5/c1-21-7-5-8(22-2)16-12(15-7)19(11(14)20)13-17-9(23-3)6-10(18-13)24-4/h5-6H,1-4H3,(H2,14,20). The lowest BCUT2D eigenvalue weighted by atomic mass is 10.5. The van der Waals surface area contributed by atoms with Gasteiger partial charge in [0.05, 0.1) is 40.6 Å². The molecule has 2 rings (SSSR count). The van der Waals surface area contributed by atoms with Gasteiger partial charge in [-0.15, -0.1) is 0 Å². The van der Waals surface area contributed by atoms with E-state index in [2.05, 4.69) is 19.9 Å². The number of urea groups is 1. The Hall–Kier alpha value is -3.37. The average molecular weight is 336 g/mol. The van der Waals surface area contributed by atoms with Crippen LogP contribution in [-0.4, -0.2) is 54.4 Å². The minimum atomic E-state index is -0.916. The van der Waals surface area contributed by atoms with E-state index in [1.807, 2.05) is 0 Å². The van der Waals surface area contributed by atoms with Crippen molar-refractivity contribution in [1.29, 1.82) is 0 Å². The second-order valence-corrected chi connectivity index (χ2v) is 4.18. The maximum absolute atomic E-state index is 11.9. The molecule has 0 aromatic carbocycles. The highest BCUT2D eigenvalue weighted by Gasteiger charge is 2.24. The van der Waals surface area contributed by atoms with Crippen LogP contribution in [0.3, 0.4) is 0 Å². The molecule has 0 radical (unpaired) electrons. The molecule has 2 aromatic heterocycles. The van der Waals surface area contributed by atoms with Crippen LogP contribution in [0.4, 0.5) is 16.7 Å². The number of primary amides is 1. The Morgan fingerprint density at radius 3 is 1.29 bits per heavy atom. The molecule has 0 spiro atoms. The molecule has 2 N–H and O–H groups in total. The highest BCUT2D eigenvalue weighted by molar-refractivity contribution is 5.94. The number of hydrogen-bond donors (Lipinski definition) is 1. The van der Waals surface area contributed by atoms with E-state index in [0.29, 0.717) is 0 Å². The Morgan fingerprint density at radius 2 is 1.08 bits per heavy atom. The van der Waals surface area contributed by atoms with Gasteiger partial charge < -0.3 is 24.7 Å². The smallest absolute Gasteiger partial charge is 0.328 e. The Kier molecular flexibility index (Phi) is 5.14. The van der Waals surface area contributed by atoms with Crippen LogP contribution in [0.1, 0.15) is 0 Å². The summed E-state index contributed by atoms with van der Waals surface area (Å²) in [7, 11) is 5.63. The number of aromatic nitrogens is 4. The van der Waals surface area contributed by atoms with Crippen molar-refractivity contribution in [2.45, 2.75) is 0 Å². The molecule has 0 aliphatic heterocycles. The quantitative estimate of drug-likeness (QED) is 0.800. The summed E-state index contributed by atoms with van der Waals surface area (Å²) in [6.07, 6.45) is 0. The topological polar surface area (TPSA) is 135 Å². The molecule has 0 unspecified atom stereocenters. The van der Waals surface area contributed by atoms with Crippen molar-refractivity contribution in [2.75, 3.05) is 33.3 Å². The molecule has 2 aromatic rings. The van der Waals surface area contributed by atoms with Gasteiger partial charge in [-0.3, -0.25) is 0 Å². The number of ether oxygens (including phenoxy) is 4. The summed E-state index contributed by atoms with van der Waals surface area (Å²) in [4.78, 5) is 29.0. The number of amides is 2. The largest absolute Gasteiger partial charge is 0.481 e. The minimum Gasteiger partial charge on any atom is -0.481 e. The van der Waals surface area contributed by atoms with Gasteiger partial charge in [-0.2, -0.15) is 24.8 Å².